The van der Waals surface area contributed by atoms with Crippen molar-refractivity contribution in [2.45, 2.75) is 13.3 Å². The molecule has 0 spiro atoms. The highest BCUT2D eigenvalue weighted by molar-refractivity contribution is 6.03. The summed E-state index contributed by atoms with van der Waals surface area (Å²) in [4.78, 5) is 26.6. The van der Waals surface area contributed by atoms with Crippen molar-refractivity contribution in [3.63, 3.8) is 0 Å². The number of carbonyl (C=O) groups excluding carboxylic acids is 2. The molecule has 0 bridgehead atoms. The summed E-state index contributed by atoms with van der Waals surface area (Å²) in [5.41, 5.74) is 3.32. The average molecular weight is 443 g/mol. The van der Waals surface area contributed by atoms with Gasteiger partial charge in [-0.1, -0.05) is 42.5 Å². The van der Waals surface area contributed by atoms with E-state index in [0.717, 1.165) is 16.9 Å². The van der Waals surface area contributed by atoms with Crippen molar-refractivity contribution in [2.24, 2.45) is 0 Å². The average Bonchev–Trinajstić information content (AvgIpc) is 2.82. The maximum Gasteiger partial charge on any atom is 0.265 e. The third-order valence-corrected chi connectivity index (χ3v) is 5.18. The molecule has 1 aliphatic heterocycles. The maximum atomic E-state index is 12.5. The molecule has 3 aromatic rings. The van der Waals surface area contributed by atoms with Crippen molar-refractivity contribution in [1.82, 2.24) is 0 Å². The Morgan fingerprint density at radius 3 is 2.76 bits per heavy atom. The molecule has 4 rings (SSSR count). The van der Waals surface area contributed by atoms with Gasteiger partial charge in [0.2, 0.25) is 5.91 Å². The molecule has 0 saturated heterocycles. The van der Waals surface area contributed by atoms with Crippen LogP contribution < -0.4 is 19.7 Å². The van der Waals surface area contributed by atoms with Gasteiger partial charge in [0.25, 0.3) is 5.91 Å². The monoisotopic (exact) mass is 442 g/mol. The van der Waals surface area contributed by atoms with Gasteiger partial charge in [-0.15, -0.1) is 0 Å². The van der Waals surface area contributed by atoms with E-state index < -0.39 is 0 Å². The molecule has 0 aliphatic carbocycles. The van der Waals surface area contributed by atoms with Crippen molar-refractivity contribution in [2.75, 3.05) is 30.0 Å². The molecular formula is C27H26N2O4. The fourth-order valence-electron chi connectivity index (χ4n) is 3.56. The summed E-state index contributed by atoms with van der Waals surface area (Å²) in [7, 11) is 0. The molecule has 2 amide bonds. The Morgan fingerprint density at radius 2 is 1.94 bits per heavy atom. The van der Waals surface area contributed by atoms with E-state index in [1.165, 1.54) is 6.08 Å². The second kappa shape index (κ2) is 10.5. The van der Waals surface area contributed by atoms with Crippen molar-refractivity contribution < 1.29 is 19.1 Å². The normalized spacial score (nSPS) is 12.9. The highest BCUT2D eigenvalue weighted by atomic mass is 16.5. The number of benzene rings is 3. The molecule has 0 atom stereocenters. The van der Waals surface area contributed by atoms with Crippen molar-refractivity contribution in [3.8, 4) is 11.5 Å². The van der Waals surface area contributed by atoms with Crippen molar-refractivity contribution in [3.05, 3.63) is 90.0 Å². The van der Waals surface area contributed by atoms with E-state index in [1.54, 1.807) is 29.2 Å². The van der Waals surface area contributed by atoms with Gasteiger partial charge in [0.15, 0.2) is 6.61 Å². The molecule has 1 N–H and O–H groups in total. The summed E-state index contributed by atoms with van der Waals surface area (Å²) >= 11 is 0. The number of fused-ring (bicyclic) bond motifs is 1. The van der Waals surface area contributed by atoms with Crippen LogP contribution >= 0.6 is 0 Å². The molecule has 0 radical (unpaired) electrons. The topological polar surface area (TPSA) is 67.9 Å². The lowest BCUT2D eigenvalue weighted by Crippen LogP contribution is -2.39. The number of ether oxygens (including phenoxy) is 2. The van der Waals surface area contributed by atoms with Gasteiger partial charge in [-0.25, -0.2) is 0 Å². The van der Waals surface area contributed by atoms with Gasteiger partial charge in [-0.05, 0) is 60.9 Å². The van der Waals surface area contributed by atoms with Crippen LogP contribution in [0.4, 0.5) is 11.4 Å². The lowest BCUT2D eigenvalue weighted by Gasteiger charge is -2.29. The standard InChI is InChI=1S/C27H26N2O4/c1-20-7-5-10-23(17-20)32-16-6-15-29-24-18-22(12-13-25(24)33-19-27(29)31)28-26(30)14-11-21-8-3-2-4-9-21/h2-5,7-14,17-18H,6,15-16,19H2,1H3,(H,28,30)/b14-11+. The molecule has 6 nitrogen and oxygen atoms in total. The van der Waals surface area contributed by atoms with Gasteiger partial charge >= 0.3 is 0 Å². The first-order chi connectivity index (χ1) is 16.1. The zero-order valence-electron chi connectivity index (χ0n) is 18.5. The number of nitrogens with zero attached hydrogens (tertiary/aromatic N) is 1. The number of hydrogen-bond donors (Lipinski definition) is 1. The minimum atomic E-state index is -0.250. The van der Waals surface area contributed by atoms with E-state index in [-0.39, 0.29) is 18.4 Å². The molecule has 0 fully saturated rings. The first kappa shape index (κ1) is 22.1. The van der Waals surface area contributed by atoms with Crippen LogP contribution in [-0.4, -0.2) is 31.6 Å². The number of rotatable bonds is 8. The quantitative estimate of drug-likeness (QED) is 0.400. The van der Waals surface area contributed by atoms with E-state index in [1.807, 2.05) is 61.5 Å². The molecule has 6 heteroatoms. The van der Waals surface area contributed by atoms with Crippen LogP contribution in [0, 0.1) is 6.92 Å². The zero-order chi connectivity index (χ0) is 23.0. The predicted molar refractivity (Wildman–Crippen MR) is 130 cm³/mol. The van der Waals surface area contributed by atoms with Crippen molar-refractivity contribution in [1.29, 1.82) is 0 Å². The molecule has 0 aromatic heterocycles. The molecule has 0 unspecified atom stereocenters. The van der Waals surface area contributed by atoms with Gasteiger partial charge < -0.3 is 19.7 Å². The summed E-state index contributed by atoms with van der Waals surface area (Å²) in [6.45, 7) is 3.00. The zero-order valence-corrected chi connectivity index (χ0v) is 18.5. The largest absolute Gasteiger partial charge is 0.494 e. The molecule has 33 heavy (non-hydrogen) atoms. The smallest absolute Gasteiger partial charge is 0.265 e. The van der Waals surface area contributed by atoms with Gasteiger partial charge in [0, 0.05) is 18.3 Å². The van der Waals surface area contributed by atoms with E-state index in [2.05, 4.69) is 5.32 Å². The van der Waals surface area contributed by atoms with Crippen molar-refractivity contribution >= 4 is 29.3 Å². The molecule has 0 saturated carbocycles. The van der Waals surface area contributed by atoms with Crippen LogP contribution in [0.25, 0.3) is 6.08 Å². The van der Waals surface area contributed by atoms with Crippen LogP contribution in [0.5, 0.6) is 11.5 Å². The van der Waals surface area contributed by atoms with Gasteiger partial charge in [-0.3, -0.25) is 9.59 Å². The van der Waals surface area contributed by atoms with Gasteiger partial charge in [0.1, 0.15) is 11.5 Å². The lowest BCUT2D eigenvalue weighted by atomic mass is 10.2. The number of hydrogen-bond acceptors (Lipinski definition) is 4. The number of amides is 2. The highest BCUT2D eigenvalue weighted by Gasteiger charge is 2.25. The molecule has 3 aromatic carbocycles. The van der Waals surface area contributed by atoms with Crippen LogP contribution in [0.3, 0.4) is 0 Å². The van der Waals surface area contributed by atoms with E-state index in [0.29, 0.717) is 36.7 Å². The second-order valence-corrected chi connectivity index (χ2v) is 7.77. The Kier molecular flexibility index (Phi) is 7.05. The Morgan fingerprint density at radius 1 is 1.09 bits per heavy atom. The third kappa shape index (κ3) is 6.01. The maximum absolute atomic E-state index is 12.5. The Labute approximate surface area is 193 Å². The highest BCUT2D eigenvalue weighted by Crippen LogP contribution is 2.34. The third-order valence-electron chi connectivity index (χ3n) is 5.18. The number of carbonyl (C=O) groups is 2. The molecular weight excluding hydrogens is 416 g/mol. The summed E-state index contributed by atoms with van der Waals surface area (Å²) in [6.07, 6.45) is 3.90. The Hall–Kier alpha value is -4.06. The van der Waals surface area contributed by atoms with Crippen LogP contribution in [-0.2, 0) is 9.59 Å². The van der Waals surface area contributed by atoms with E-state index >= 15 is 0 Å². The van der Waals surface area contributed by atoms with E-state index in [9.17, 15) is 9.59 Å². The van der Waals surface area contributed by atoms with E-state index in [4.69, 9.17) is 9.47 Å². The Bertz CT molecular complexity index is 1160. The predicted octanol–water partition coefficient (Wildman–Crippen LogP) is 4.84. The minimum Gasteiger partial charge on any atom is -0.494 e. The lowest BCUT2D eigenvalue weighted by molar-refractivity contribution is -0.121. The fraction of sp³-hybridized carbons (Fsp3) is 0.185. The Balaban J connectivity index is 1.38. The summed E-state index contributed by atoms with van der Waals surface area (Å²) in [6, 6.07) is 22.8. The second-order valence-electron chi connectivity index (χ2n) is 7.77. The SMILES string of the molecule is Cc1cccc(OCCCN2C(=O)COc3ccc(NC(=O)/C=C/c4ccccc4)cc32)c1. The van der Waals surface area contributed by atoms with Gasteiger partial charge in [-0.2, -0.15) is 0 Å². The molecule has 168 valence electrons. The molecule has 1 heterocycles. The summed E-state index contributed by atoms with van der Waals surface area (Å²) in [5.74, 6) is 1.06. The van der Waals surface area contributed by atoms with Gasteiger partial charge in [0.05, 0.1) is 12.3 Å². The van der Waals surface area contributed by atoms with Crippen LogP contribution in [0.1, 0.15) is 17.5 Å². The fourth-order valence-corrected chi connectivity index (χ4v) is 3.56. The first-order valence-corrected chi connectivity index (χ1v) is 10.9. The van der Waals surface area contributed by atoms with Crippen LogP contribution in [0.2, 0.25) is 0 Å². The molecule has 1 aliphatic rings. The summed E-state index contributed by atoms with van der Waals surface area (Å²) < 4.78 is 11.4. The number of aryl methyl sites for hydroxylation is 1. The number of nitrogens with one attached hydrogen (secondary N) is 1. The first-order valence-electron chi connectivity index (χ1n) is 10.9. The van der Waals surface area contributed by atoms with Crippen LogP contribution in [0.15, 0.2) is 78.9 Å². The minimum absolute atomic E-state index is 0.00272. The summed E-state index contributed by atoms with van der Waals surface area (Å²) in [5, 5.41) is 2.85. The number of anilines is 2.